The maximum atomic E-state index is 14.8. The lowest BCUT2D eigenvalue weighted by molar-refractivity contribution is 0.0691. The molecule has 5 rings (SSSR count). The first-order valence-corrected chi connectivity index (χ1v) is 10.8. The fourth-order valence-electron chi connectivity index (χ4n) is 3.76. The summed E-state index contributed by atoms with van der Waals surface area (Å²) in [6.07, 6.45) is 3.54. The lowest BCUT2D eigenvalue weighted by Gasteiger charge is -2.08. The molecule has 1 fully saturated rings. The summed E-state index contributed by atoms with van der Waals surface area (Å²) in [5.41, 5.74) is 1.97. The Balaban J connectivity index is 1.72. The molecule has 31 heavy (non-hydrogen) atoms. The Bertz CT molecular complexity index is 1360. The summed E-state index contributed by atoms with van der Waals surface area (Å²) in [5, 5.41) is 14.2. The number of benzene rings is 2. The number of H-pyrrole nitrogens is 1. The molecule has 158 valence electrons. The van der Waals surface area contributed by atoms with Crippen LogP contribution in [0.2, 0.25) is 5.02 Å². The first-order chi connectivity index (χ1) is 14.8. The number of hydrogen-bond donors (Lipinski definition) is 2. The van der Waals surface area contributed by atoms with Gasteiger partial charge in [-0.3, -0.25) is 4.68 Å². The van der Waals surface area contributed by atoms with Crippen LogP contribution in [0.5, 0.6) is 0 Å². The van der Waals surface area contributed by atoms with E-state index in [-0.39, 0.29) is 21.9 Å². The molecule has 2 N–H and O–H groups in total. The number of carboxylic acids is 1. The third-order valence-corrected chi connectivity index (χ3v) is 6.84. The molecule has 2 heterocycles. The molecule has 5 nitrogen and oxygen atoms in total. The summed E-state index contributed by atoms with van der Waals surface area (Å²) < 4.78 is 30.7. The lowest BCUT2D eigenvalue weighted by Crippen LogP contribution is -2.01. The summed E-state index contributed by atoms with van der Waals surface area (Å²) in [4.78, 5) is 15.7. The van der Waals surface area contributed by atoms with E-state index in [1.165, 1.54) is 28.6 Å². The lowest BCUT2D eigenvalue weighted by atomic mass is 10.1. The number of carboxylic acid groups (broad SMARTS) is 1. The van der Waals surface area contributed by atoms with Crippen molar-refractivity contribution < 1.29 is 18.7 Å². The van der Waals surface area contributed by atoms with E-state index in [1.54, 1.807) is 25.4 Å². The number of nitrogens with one attached hydrogen (secondary N) is 1. The highest BCUT2D eigenvalue weighted by Gasteiger charge is 2.31. The number of aromatic carboxylic acids is 1. The largest absolute Gasteiger partial charge is 0.478 e. The molecule has 2 aromatic heterocycles. The second-order valence-electron chi connectivity index (χ2n) is 7.52. The molecule has 9 heteroatoms. The molecule has 0 amide bonds. The van der Waals surface area contributed by atoms with E-state index in [0.29, 0.717) is 16.1 Å². The van der Waals surface area contributed by atoms with Crippen molar-refractivity contribution in [3.05, 3.63) is 64.6 Å². The highest BCUT2D eigenvalue weighted by molar-refractivity contribution is 7.99. The third-order valence-electron chi connectivity index (χ3n) is 5.35. The van der Waals surface area contributed by atoms with Crippen LogP contribution in [-0.2, 0) is 7.05 Å². The van der Waals surface area contributed by atoms with Crippen LogP contribution in [0.3, 0.4) is 0 Å². The van der Waals surface area contributed by atoms with Crippen molar-refractivity contribution in [3.63, 3.8) is 0 Å². The van der Waals surface area contributed by atoms with Crippen LogP contribution in [0.15, 0.2) is 46.3 Å². The number of fused-ring (bicyclic) bond motifs is 1. The number of carbonyl (C=O) groups is 1. The topological polar surface area (TPSA) is 70.9 Å². The molecule has 4 aromatic rings. The number of aromatic amines is 1. The quantitative estimate of drug-likeness (QED) is 0.371. The maximum absolute atomic E-state index is 14.8. The zero-order chi connectivity index (χ0) is 21.9. The van der Waals surface area contributed by atoms with Gasteiger partial charge in [-0.2, -0.15) is 4.39 Å². The van der Waals surface area contributed by atoms with Gasteiger partial charge in [-0.05, 0) is 31.0 Å². The number of nitrogens with zero attached hydrogens (tertiary/aromatic N) is 2. The molecule has 0 spiro atoms. The number of aryl methyl sites for hydroxylation is 1. The highest BCUT2D eigenvalue weighted by Crippen LogP contribution is 2.50. The van der Waals surface area contributed by atoms with Crippen molar-refractivity contribution in [3.8, 4) is 11.1 Å². The van der Waals surface area contributed by atoms with Crippen LogP contribution in [0.1, 0.15) is 34.8 Å². The van der Waals surface area contributed by atoms with Gasteiger partial charge in [0.2, 0.25) is 5.95 Å². The van der Waals surface area contributed by atoms with Gasteiger partial charge in [-0.15, -0.1) is 5.10 Å². The number of aromatic nitrogens is 3. The summed E-state index contributed by atoms with van der Waals surface area (Å²) in [7, 11) is 1.63. The molecule has 0 atom stereocenters. The van der Waals surface area contributed by atoms with Crippen LogP contribution >= 0.6 is 23.4 Å². The van der Waals surface area contributed by atoms with E-state index in [4.69, 9.17) is 11.6 Å². The van der Waals surface area contributed by atoms with Crippen LogP contribution in [0, 0.1) is 11.8 Å². The van der Waals surface area contributed by atoms with Crippen molar-refractivity contribution in [2.45, 2.75) is 28.6 Å². The monoisotopic (exact) mass is 459 g/mol. The summed E-state index contributed by atoms with van der Waals surface area (Å²) in [6, 6.07) is 7.82. The minimum absolute atomic E-state index is 0.215. The van der Waals surface area contributed by atoms with Gasteiger partial charge in [0.25, 0.3) is 0 Å². The van der Waals surface area contributed by atoms with Gasteiger partial charge in [-0.25, -0.2) is 9.18 Å². The van der Waals surface area contributed by atoms with Gasteiger partial charge in [0.15, 0.2) is 5.82 Å². The van der Waals surface area contributed by atoms with Crippen LogP contribution in [0.25, 0.3) is 22.0 Å². The Morgan fingerprint density at radius 2 is 2.06 bits per heavy atom. The normalized spacial score (nSPS) is 13.8. The van der Waals surface area contributed by atoms with E-state index in [2.05, 4.69) is 10.1 Å². The van der Waals surface area contributed by atoms with Crippen molar-refractivity contribution >= 4 is 40.2 Å². The van der Waals surface area contributed by atoms with Crippen molar-refractivity contribution in [2.75, 3.05) is 0 Å². The van der Waals surface area contributed by atoms with Gasteiger partial charge >= 0.3 is 5.97 Å². The van der Waals surface area contributed by atoms with E-state index in [0.717, 1.165) is 28.8 Å². The van der Waals surface area contributed by atoms with Gasteiger partial charge in [0, 0.05) is 45.6 Å². The predicted molar refractivity (Wildman–Crippen MR) is 115 cm³/mol. The smallest absolute Gasteiger partial charge is 0.338 e. The van der Waals surface area contributed by atoms with Crippen molar-refractivity contribution in [1.82, 2.24) is 14.8 Å². The first-order valence-electron chi connectivity index (χ1n) is 9.58. The van der Waals surface area contributed by atoms with Gasteiger partial charge in [0.05, 0.1) is 21.7 Å². The zero-order valence-electron chi connectivity index (χ0n) is 16.2. The molecule has 2 aromatic carbocycles. The summed E-state index contributed by atoms with van der Waals surface area (Å²) >= 11 is 7.63. The van der Waals surface area contributed by atoms with Crippen molar-refractivity contribution in [2.24, 2.45) is 7.05 Å². The SMILES string of the molecule is Cn1cc(-c2c(Cl)ccc3c(Sc4cccc(C(=O)O)c4F)c(C4CC4)[nH]c23)c(F)n1. The van der Waals surface area contributed by atoms with Gasteiger partial charge < -0.3 is 10.1 Å². The Morgan fingerprint density at radius 3 is 2.71 bits per heavy atom. The molecule has 1 aliphatic carbocycles. The minimum atomic E-state index is -1.32. The molecule has 0 saturated heterocycles. The predicted octanol–water partition coefficient (Wildman–Crippen LogP) is 6.23. The summed E-state index contributed by atoms with van der Waals surface area (Å²) in [5.74, 6) is -2.44. The molecule has 0 radical (unpaired) electrons. The molecular formula is C22H16ClF2N3O2S. The standard InChI is InChI=1S/C22H16ClF2N3O2S/c1-28-9-13(21(25)27-28)16-14(23)8-7-12-19(16)26-18(10-5-6-10)20(12)31-15-4-2-3-11(17(15)24)22(29)30/h2-4,7-10,26H,5-6H2,1H3,(H,29,30). The second-order valence-corrected chi connectivity index (χ2v) is 8.98. The summed E-state index contributed by atoms with van der Waals surface area (Å²) in [6.45, 7) is 0. The van der Waals surface area contributed by atoms with E-state index in [9.17, 15) is 18.7 Å². The Labute approximate surface area is 185 Å². The van der Waals surface area contributed by atoms with Crippen LogP contribution in [-0.4, -0.2) is 25.8 Å². The number of halogens is 3. The van der Waals surface area contributed by atoms with Gasteiger partial charge in [0.1, 0.15) is 0 Å². The number of hydrogen-bond acceptors (Lipinski definition) is 3. The maximum Gasteiger partial charge on any atom is 0.338 e. The van der Waals surface area contributed by atoms with Crippen LogP contribution < -0.4 is 0 Å². The molecule has 0 unspecified atom stereocenters. The van der Waals surface area contributed by atoms with E-state index >= 15 is 0 Å². The highest BCUT2D eigenvalue weighted by atomic mass is 35.5. The van der Waals surface area contributed by atoms with Crippen LogP contribution in [0.4, 0.5) is 8.78 Å². The molecule has 1 aliphatic rings. The fourth-order valence-corrected chi connectivity index (χ4v) is 5.19. The minimum Gasteiger partial charge on any atom is -0.478 e. The van der Waals surface area contributed by atoms with Crippen molar-refractivity contribution in [1.29, 1.82) is 0 Å². The van der Waals surface area contributed by atoms with Gasteiger partial charge in [-0.1, -0.05) is 35.5 Å². The first kappa shape index (κ1) is 20.1. The third kappa shape index (κ3) is 3.40. The average Bonchev–Trinajstić information content (AvgIpc) is 3.42. The molecule has 1 saturated carbocycles. The molecule has 0 aliphatic heterocycles. The fraction of sp³-hybridized carbons (Fsp3) is 0.182. The number of rotatable bonds is 5. The van der Waals surface area contributed by atoms with E-state index in [1.807, 2.05) is 6.07 Å². The van der Waals surface area contributed by atoms with E-state index < -0.39 is 17.7 Å². The Morgan fingerprint density at radius 1 is 1.29 bits per heavy atom. The second kappa shape index (κ2) is 7.39. The zero-order valence-corrected chi connectivity index (χ0v) is 17.8. The average molecular weight is 460 g/mol. The Hall–Kier alpha value is -2.84. The molecular weight excluding hydrogens is 444 g/mol. The Kier molecular flexibility index (Phi) is 4.79. The molecule has 0 bridgehead atoms.